The van der Waals surface area contributed by atoms with E-state index in [0.717, 1.165) is 65.5 Å². The third-order valence-corrected chi connectivity index (χ3v) is 6.25. The number of hydrogen-bond acceptors (Lipinski definition) is 7. The second-order valence-electron chi connectivity index (χ2n) is 8.10. The van der Waals surface area contributed by atoms with Gasteiger partial charge in [0.15, 0.2) is 22.8 Å². The van der Waals surface area contributed by atoms with Gasteiger partial charge in [-0.1, -0.05) is 6.07 Å². The summed E-state index contributed by atoms with van der Waals surface area (Å²) in [5.74, 6) is 2.04. The second kappa shape index (κ2) is 7.26. The van der Waals surface area contributed by atoms with Crippen molar-refractivity contribution < 1.29 is 0 Å². The Morgan fingerprint density at radius 3 is 2.66 bits per heavy atom. The average molecular weight is 427 g/mol. The van der Waals surface area contributed by atoms with Crippen LogP contribution in [0.5, 0.6) is 0 Å². The average Bonchev–Trinajstić information content (AvgIpc) is 3.38. The summed E-state index contributed by atoms with van der Waals surface area (Å²) in [6, 6.07) is 8.02. The molecule has 0 saturated carbocycles. The Kier molecular flexibility index (Phi) is 4.23. The van der Waals surface area contributed by atoms with E-state index in [2.05, 4.69) is 46.9 Å². The lowest BCUT2D eigenvalue weighted by molar-refractivity contribution is 0.503. The zero-order valence-electron chi connectivity index (χ0n) is 17.5. The summed E-state index contributed by atoms with van der Waals surface area (Å²) in [4.78, 5) is 41.7. The fourth-order valence-electron chi connectivity index (χ4n) is 4.60. The quantitative estimate of drug-likeness (QED) is 0.453. The summed E-state index contributed by atoms with van der Waals surface area (Å²) in [6.45, 7) is 1.75. The van der Waals surface area contributed by atoms with Gasteiger partial charge in [0.25, 0.3) is 0 Å². The highest BCUT2D eigenvalue weighted by Gasteiger charge is 2.25. The maximum Gasteiger partial charge on any atom is 0.323 e. The molecule has 0 atom stereocenters. The van der Waals surface area contributed by atoms with E-state index in [4.69, 9.17) is 4.98 Å². The number of aromatic nitrogens is 8. The topological polar surface area (TPSA) is 121 Å². The molecule has 1 aliphatic rings. The number of anilines is 1. The van der Waals surface area contributed by atoms with Gasteiger partial charge in [-0.3, -0.25) is 0 Å². The van der Waals surface area contributed by atoms with E-state index >= 15 is 0 Å². The highest BCUT2D eigenvalue weighted by atomic mass is 16.1. The van der Waals surface area contributed by atoms with Gasteiger partial charge in [-0.15, -0.1) is 0 Å². The van der Waals surface area contributed by atoms with E-state index in [0.29, 0.717) is 5.92 Å². The molecule has 4 aromatic heterocycles. The first-order valence-corrected chi connectivity index (χ1v) is 10.6. The van der Waals surface area contributed by atoms with E-state index in [1.165, 1.54) is 11.9 Å². The first-order chi connectivity index (χ1) is 15.7. The maximum atomic E-state index is 11.6. The highest BCUT2D eigenvalue weighted by molar-refractivity contribution is 5.86. The standard InChI is InChI=1S/C22H21N9O/c1-30-19(16-4-7-23-11-24-16)29-18-20(30)25-12-26-21(18)31-8-5-13(6-9-31)14-2-3-15-17(10-14)28-22(32)27-15/h2-4,7,10-13H,5-6,8-9H2,1H3,(H2,27,28,32). The van der Waals surface area contributed by atoms with Crippen LogP contribution in [0.3, 0.4) is 0 Å². The van der Waals surface area contributed by atoms with Gasteiger partial charge in [-0.05, 0) is 42.5 Å². The lowest BCUT2D eigenvalue weighted by Gasteiger charge is -2.33. The molecule has 10 nitrogen and oxygen atoms in total. The fraction of sp³-hybridized carbons (Fsp3) is 0.273. The van der Waals surface area contributed by atoms with Crippen LogP contribution in [-0.4, -0.2) is 52.5 Å². The number of aryl methyl sites for hydroxylation is 1. The molecule has 0 unspecified atom stereocenters. The first-order valence-electron chi connectivity index (χ1n) is 10.6. The monoisotopic (exact) mass is 427 g/mol. The molecule has 1 aromatic carbocycles. The molecule has 10 heteroatoms. The molecule has 0 spiro atoms. The van der Waals surface area contributed by atoms with Crippen molar-refractivity contribution in [1.82, 2.24) is 39.5 Å². The van der Waals surface area contributed by atoms with Crippen molar-refractivity contribution in [3.8, 4) is 11.5 Å². The van der Waals surface area contributed by atoms with E-state index in [1.807, 2.05) is 23.7 Å². The van der Waals surface area contributed by atoms with E-state index in [-0.39, 0.29) is 5.69 Å². The Labute approximate surface area is 182 Å². The lowest BCUT2D eigenvalue weighted by Crippen LogP contribution is -2.33. The molecule has 5 aromatic rings. The Morgan fingerprint density at radius 1 is 1.00 bits per heavy atom. The number of aromatic amines is 2. The van der Waals surface area contributed by atoms with Gasteiger partial charge in [0.2, 0.25) is 0 Å². The summed E-state index contributed by atoms with van der Waals surface area (Å²) in [6.07, 6.45) is 6.83. The Hall–Kier alpha value is -4.08. The number of hydrogen-bond donors (Lipinski definition) is 2. The molecule has 1 saturated heterocycles. The number of imidazole rings is 2. The normalized spacial score (nSPS) is 15.1. The third-order valence-electron chi connectivity index (χ3n) is 6.25. The summed E-state index contributed by atoms with van der Waals surface area (Å²) in [7, 11) is 1.94. The number of H-pyrrole nitrogens is 2. The van der Waals surface area contributed by atoms with Crippen LogP contribution in [0.4, 0.5) is 5.82 Å². The summed E-state index contributed by atoms with van der Waals surface area (Å²) < 4.78 is 1.95. The molecule has 6 rings (SSSR count). The number of piperidine rings is 1. The van der Waals surface area contributed by atoms with Crippen LogP contribution in [0.2, 0.25) is 0 Å². The highest BCUT2D eigenvalue weighted by Crippen LogP contribution is 2.33. The Bertz CT molecular complexity index is 1480. The van der Waals surface area contributed by atoms with E-state index < -0.39 is 0 Å². The molecule has 1 fully saturated rings. The first kappa shape index (κ1) is 18.7. The van der Waals surface area contributed by atoms with Crippen LogP contribution in [-0.2, 0) is 7.05 Å². The number of nitrogens with zero attached hydrogens (tertiary/aromatic N) is 7. The van der Waals surface area contributed by atoms with E-state index in [1.54, 1.807) is 12.5 Å². The van der Waals surface area contributed by atoms with Crippen LogP contribution >= 0.6 is 0 Å². The van der Waals surface area contributed by atoms with Crippen LogP contribution in [0.15, 0.2) is 47.9 Å². The van der Waals surface area contributed by atoms with E-state index in [9.17, 15) is 4.79 Å². The Morgan fingerprint density at radius 2 is 1.84 bits per heavy atom. The second-order valence-corrected chi connectivity index (χ2v) is 8.10. The molecule has 1 aliphatic heterocycles. The van der Waals surface area contributed by atoms with Crippen molar-refractivity contribution >= 4 is 28.0 Å². The van der Waals surface area contributed by atoms with Gasteiger partial charge in [0.05, 0.1) is 11.0 Å². The fourth-order valence-corrected chi connectivity index (χ4v) is 4.60. The van der Waals surface area contributed by atoms with Gasteiger partial charge < -0.3 is 19.4 Å². The van der Waals surface area contributed by atoms with Gasteiger partial charge in [-0.25, -0.2) is 29.7 Å². The predicted octanol–water partition coefficient (Wildman–Crippen LogP) is 2.37. The van der Waals surface area contributed by atoms with Crippen LogP contribution in [0.1, 0.15) is 24.3 Å². The molecule has 0 amide bonds. The van der Waals surface area contributed by atoms with Crippen LogP contribution in [0.25, 0.3) is 33.7 Å². The summed E-state index contributed by atoms with van der Waals surface area (Å²) in [5, 5.41) is 0. The van der Waals surface area contributed by atoms with Crippen LogP contribution < -0.4 is 10.6 Å². The van der Waals surface area contributed by atoms with Gasteiger partial charge >= 0.3 is 5.69 Å². The van der Waals surface area contributed by atoms with Crippen molar-refractivity contribution in [2.24, 2.45) is 7.05 Å². The van der Waals surface area contributed by atoms with Crippen LogP contribution in [0, 0.1) is 0 Å². The smallest absolute Gasteiger partial charge is 0.323 e. The molecule has 0 radical (unpaired) electrons. The van der Waals surface area contributed by atoms with Crippen molar-refractivity contribution in [3.05, 3.63) is 59.2 Å². The minimum atomic E-state index is -0.170. The van der Waals surface area contributed by atoms with Crippen molar-refractivity contribution in [2.45, 2.75) is 18.8 Å². The Balaban J connectivity index is 1.28. The molecule has 2 N–H and O–H groups in total. The molecular formula is C22H21N9O. The largest absolute Gasteiger partial charge is 0.355 e. The van der Waals surface area contributed by atoms with Gasteiger partial charge in [0, 0.05) is 26.3 Å². The van der Waals surface area contributed by atoms with Crippen molar-refractivity contribution in [2.75, 3.05) is 18.0 Å². The molecule has 0 bridgehead atoms. The van der Waals surface area contributed by atoms with Gasteiger partial charge in [-0.2, -0.15) is 0 Å². The van der Waals surface area contributed by atoms with Gasteiger partial charge in [0.1, 0.15) is 18.3 Å². The molecule has 160 valence electrons. The number of fused-ring (bicyclic) bond motifs is 2. The third kappa shape index (κ3) is 3.03. The maximum absolute atomic E-state index is 11.6. The minimum Gasteiger partial charge on any atom is -0.355 e. The summed E-state index contributed by atoms with van der Waals surface area (Å²) >= 11 is 0. The molecule has 0 aliphatic carbocycles. The van der Waals surface area contributed by atoms with Crippen molar-refractivity contribution in [1.29, 1.82) is 0 Å². The molecular weight excluding hydrogens is 406 g/mol. The lowest BCUT2D eigenvalue weighted by atomic mass is 9.89. The van der Waals surface area contributed by atoms with Crippen molar-refractivity contribution in [3.63, 3.8) is 0 Å². The minimum absolute atomic E-state index is 0.170. The molecule has 5 heterocycles. The summed E-state index contributed by atoms with van der Waals surface area (Å²) in [5.41, 5.74) is 5.11. The zero-order chi connectivity index (χ0) is 21.7. The predicted molar refractivity (Wildman–Crippen MR) is 120 cm³/mol. The number of nitrogens with one attached hydrogen (secondary N) is 2. The number of rotatable bonds is 3. The SMILES string of the molecule is Cn1c(-c2ccncn2)nc2c(N3CCC(c4ccc5[nH]c(=O)[nH]c5c4)CC3)ncnc21. The zero-order valence-corrected chi connectivity index (χ0v) is 17.5. The molecule has 32 heavy (non-hydrogen) atoms. The number of benzene rings is 1.